The van der Waals surface area contributed by atoms with Crippen LogP contribution in [0.3, 0.4) is 0 Å². The molecule has 0 bridgehead atoms. The molecular formula is C22H25NO5S. The average molecular weight is 416 g/mol. The van der Waals surface area contributed by atoms with Gasteiger partial charge in [-0.3, -0.25) is 4.79 Å². The van der Waals surface area contributed by atoms with E-state index in [0.29, 0.717) is 16.5 Å². The van der Waals surface area contributed by atoms with E-state index in [1.54, 1.807) is 75.4 Å². The van der Waals surface area contributed by atoms with E-state index in [-0.39, 0.29) is 18.1 Å². The number of benzene rings is 2. The van der Waals surface area contributed by atoms with Crippen molar-refractivity contribution in [3.05, 3.63) is 66.4 Å². The van der Waals surface area contributed by atoms with Crippen LogP contribution in [0.5, 0.6) is 0 Å². The van der Waals surface area contributed by atoms with E-state index in [9.17, 15) is 18.3 Å². The topological polar surface area (TPSA) is 85.6 Å². The first-order valence-corrected chi connectivity index (χ1v) is 10.8. The molecule has 3 rings (SSSR count). The normalized spacial score (nSPS) is 13.4. The van der Waals surface area contributed by atoms with Gasteiger partial charge in [-0.2, -0.15) is 0 Å². The molecule has 2 aromatic carbocycles. The van der Waals surface area contributed by atoms with Gasteiger partial charge in [0, 0.05) is 17.0 Å². The fraction of sp³-hybridized carbons (Fsp3) is 0.318. The fourth-order valence-corrected chi connectivity index (χ4v) is 4.39. The van der Waals surface area contributed by atoms with Crippen molar-refractivity contribution in [1.82, 2.24) is 3.97 Å². The number of fused-ring (bicyclic) bond motifs is 1. The van der Waals surface area contributed by atoms with Crippen LogP contribution in [0, 0.1) is 5.41 Å². The van der Waals surface area contributed by atoms with Gasteiger partial charge in [-0.25, -0.2) is 12.4 Å². The predicted molar refractivity (Wildman–Crippen MR) is 111 cm³/mol. The van der Waals surface area contributed by atoms with Crippen LogP contribution in [0.4, 0.5) is 0 Å². The number of hydrogen-bond acceptors (Lipinski definition) is 5. The quantitative estimate of drug-likeness (QED) is 0.597. The zero-order valence-corrected chi connectivity index (χ0v) is 17.5. The number of aliphatic hydroxyl groups excluding tert-OH is 1. The fourth-order valence-electron chi connectivity index (χ4n) is 2.99. The number of rotatable bonds is 7. The van der Waals surface area contributed by atoms with Gasteiger partial charge in [0.15, 0.2) is 0 Å². The van der Waals surface area contributed by atoms with Gasteiger partial charge in [0.2, 0.25) is 0 Å². The average Bonchev–Trinajstić information content (AvgIpc) is 3.12. The highest BCUT2D eigenvalue weighted by Crippen LogP contribution is 2.31. The van der Waals surface area contributed by atoms with Gasteiger partial charge in [0.25, 0.3) is 10.0 Å². The molecule has 0 aliphatic heterocycles. The monoisotopic (exact) mass is 415 g/mol. The number of carbonyl (C=O) groups is 1. The molecule has 29 heavy (non-hydrogen) atoms. The van der Waals surface area contributed by atoms with Crippen molar-refractivity contribution >= 4 is 26.9 Å². The molecule has 0 unspecified atom stereocenters. The van der Waals surface area contributed by atoms with Gasteiger partial charge in [0.05, 0.1) is 29.5 Å². The zero-order valence-electron chi connectivity index (χ0n) is 16.7. The number of aliphatic hydroxyl groups is 1. The number of aromatic nitrogens is 1. The van der Waals surface area contributed by atoms with Crippen molar-refractivity contribution in [1.29, 1.82) is 0 Å². The van der Waals surface area contributed by atoms with Crippen molar-refractivity contribution in [2.24, 2.45) is 5.41 Å². The molecule has 0 saturated heterocycles. The van der Waals surface area contributed by atoms with E-state index in [1.807, 2.05) is 0 Å². The minimum absolute atomic E-state index is 0.0770. The lowest BCUT2D eigenvalue weighted by molar-refractivity contribution is -0.148. The van der Waals surface area contributed by atoms with Gasteiger partial charge in [-0.05, 0) is 30.7 Å². The maximum absolute atomic E-state index is 13.2. The van der Waals surface area contributed by atoms with Crippen LogP contribution in [0.2, 0.25) is 0 Å². The molecule has 7 heteroatoms. The van der Waals surface area contributed by atoms with Crippen LogP contribution in [0.25, 0.3) is 10.9 Å². The van der Waals surface area contributed by atoms with Gasteiger partial charge in [0.1, 0.15) is 0 Å². The number of hydrogen-bond donors (Lipinski definition) is 1. The number of ether oxygens (including phenoxy) is 1. The summed E-state index contributed by atoms with van der Waals surface area (Å²) in [6.07, 6.45) is 1.50. The summed E-state index contributed by atoms with van der Waals surface area (Å²) < 4.78 is 32.9. The third kappa shape index (κ3) is 4.21. The summed E-state index contributed by atoms with van der Waals surface area (Å²) in [7, 11) is -3.81. The van der Waals surface area contributed by atoms with E-state index >= 15 is 0 Å². The predicted octanol–water partition coefficient (Wildman–Crippen LogP) is 3.54. The molecule has 1 atom stereocenters. The van der Waals surface area contributed by atoms with Gasteiger partial charge < -0.3 is 9.84 Å². The Balaban J connectivity index is 2.02. The van der Waals surface area contributed by atoms with Crippen LogP contribution in [0.15, 0.2) is 65.7 Å². The molecule has 1 heterocycles. The Labute approximate surface area is 170 Å². The lowest BCUT2D eigenvalue weighted by Gasteiger charge is -2.22. The minimum atomic E-state index is -3.81. The second-order valence-electron chi connectivity index (χ2n) is 7.87. The molecule has 154 valence electrons. The Morgan fingerprint density at radius 3 is 2.38 bits per heavy atom. The summed E-state index contributed by atoms with van der Waals surface area (Å²) in [6.45, 7) is 5.25. The van der Waals surface area contributed by atoms with Gasteiger partial charge >= 0.3 is 5.97 Å². The van der Waals surface area contributed by atoms with E-state index in [0.717, 1.165) is 0 Å². The first-order valence-electron chi connectivity index (χ1n) is 9.35. The van der Waals surface area contributed by atoms with E-state index in [2.05, 4.69) is 0 Å². The van der Waals surface area contributed by atoms with Crippen molar-refractivity contribution in [3.63, 3.8) is 0 Å². The summed E-state index contributed by atoms with van der Waals surface area (Å²) >= 11 is 0. The smallest absolute Gasteiger partial charge is 0.313 e. The van der Waals surface area contributed by atoms with Crippen molar-refractivity contribution < 1.29 is 23.1 Å². The molecular weight excluding hydrogens is 390 g/mol. The number of carbonyl (C=O) groups excluding carboxylic acids is 1. The molecule has 0 amide bonds. The second-order valence-corrected chi connectivity index (χ2v) is 9.68. The molecule has 6 nitrogen and oxygen atoms in total. The van der Waals surface area contributed by atoms with Crippen molar-refractivity contribution in [2.45, 2.75) is 31.6 Å². The summed E-state index contributed by atoms with van der Waals surface area (Å²) in [5, 5.41) is 10.0. The maximum Gasteiger partial charge on any atom is 0.313 e. The lowest BCUT2D eigenvalue weighted by atomic mass is 9.96. The molecule has 0 saturated carbocycles. The van der Waals surface area contributed by atoms with Crippen LogP contribution >= 0.6 is 0 Å². The number of nitrogens with zero attached hydrogens (tertiary/aromatic N) is 1. The third-order valence-corrected chi connectivity index (χ3v) is 6.55. The van der Waals surface area contributed by atoms with Gasteiger partial charge in [-0.1, -0.05) is 50.2 Å². The van der Waals surface area contributed by atoms with Crippen molar-refractivity contribution in [3.8, 4) is 0 Å². The molecule has 0 aliphatic carbocycles. The number of esters is 1. The van der Waals surface area contributed by atoms with E-state index < -0.39 is 27.3 Å². The Morgan fingerprint density at radius 1 is 1.10 bits per heavy atom. The first-order chi connectivity index (χ1) is 13.7. The van der Waals surface area contributed by atoms with Gasteiger partial charge in [-0.15, -0.1) is 0 Å². The maximum atomic E-state index is 13.2. The standard InChI is InChI=1S/C22H25NO5S/c1-16(21(25)28-15-22(2,3)14-24)19-13-23(20-12-8-7-11-18(19)20)29(26,27)17-9-5-4-6-10-17/h4-13,16,24H,14-15H2,1-3H3/t16-/m1/s1. The first kappa shape index (κ1) is 21.1. The molecule has 0 radical (unpaired) electrons. The SMILES string of the molecule is C[C@@H](C(=O)OCC(C)(C)CO)c1cn(S(=O)(=O)c2ccccc2)c2ccccc12. The molecule has 1 N–H and O–H groups in total. The zero-order chi connectivity index (χ0) is 21.2. The Morgan fingerprint density at radius 2 is 1.72 bits per heavy atom. The summed E-state index contributed by atoms with van der Waals surface area (Å²) in [4.78, 5) is 12.8. The molecule has 3 aromatic rings. The van der Waals surface area contributed by atoms with E-state index in [4.69, 9.17) is 4.74 Å². The van der Waals surface area contributed by atoms with Crippen LogP contribution < -0.4 is 0 Å². The largest absolute Gasteiger partial charge is 0.465 e. The minimum Gasteiger partial charge on any atom is -0.465 e. The van der Waals surface area contributed by atoms with Crippen LogP contribution in [0.1, 0.15) is 32.3 Å². The van der Waals surface area contributed by atoms with Crippen molar-refractivity contribution in [2.75, 3.05) is 13.2 Å². The summed E-state index contributed by atoms with van der Waals surface area (Å²) in [5.74, 6) is -1.13. The van der Waals surface area contributed by atoms with Crippen LogP contribution in [-0.2, 0) is 19.6 Å². The second kappa shape index (κ2) is 8.00. The summed E-state index contributed by atoms with van der Waals surface area (Å²) in [5.41, 5.74) is 0.536. The Bertz CT molecular complexity index is 1120. The number of para-hydroxylation sites is 1. The molecule has 0 aliphatic rings. The Kier molecular flexibility index (Phi) is 5.82. The molecule has 0 fully saturated rings. The Hall–Kier alpha value is -2.64. The lowest BCUT2D eigenvalue weighted by Crippen LogP contribution is -2.27. The highest BCUT2D eigenvalue weighted by molar-refractivity contribution is 7.90. The summed E-state index contributed by atoms with van der Waals surface area (Å²) in [6, 6.07) is 15.2. The molecule has 0 spiro atoms. The van der Waals surface area contributed by atoms with E-state index in [1.165, 1.54) is 10.2 Å². The molecule has 1 aromatic heterocycles. The third-order valence-electron chi connectivity index (χ3n) is 4.86. The van der Waals surface area contributed by atoms with Crippen LogP contribution in [-0.4, -0.2) is 36.7 Å². The highest BCUT2D eigenvalue weighted by atomic mass is 32.2. The highest BCUT2D eigenvalue weighted by Gasteiger charge is 2.27.